The van der Waals surface area contributed by atoms with E-state index in [9.17, 15) is 9.59 Å². The number of hydrogen-bond donors (Lipinski definition) is 1. The first kappa shape index (κ1) is 16.7. The zero-order chi connectivity index (χ0) is 16.8. The molecule has 0 radical (unpaired) electrons. The van der Waals surface area contributed by atoms with Crippen molar-refractivity contribution in [1.82, 2.24) is 4.90 Å². The number of nitrogens with zero attached hydrogens (tertiary/aromatic N) is 1. The highest BCUT2D eigenvalue weighted by Crippen LogP contribution is 2.39. The molecule has 0 spiro atoms. The van der Waals surface area contributed by atoms with Crippen LogP contribution in [0.4, 0.5) is 10.5 Å². The molecule has 1 N–H and O–H groups in total. The lowest BCUT2D eigenvalue weighted by Gasteiger charge is -2.15. The number of amides is 2. The fourth-order valence-electron chi connectivity index (χ4n) is 2.24. The molecule has 1 aliphatic rings. The summed E-state index contributed by atoms with van der Waals surface area (Å²) in [5.74, 6) is 1.13. The highest BCUT2D eigenvalue weighted by molar-refractivity contribution is 5.92. The molecule has 1 aromatic carbocycles. The number of benzene rings is 1. The molecule has 1 fully saturated rings. The van der Waals surface area contributed by atoms with Gasteiger partial charge in [0.25, 0.3) is 0 Å². The van der Waals surface area contributed by atoms with Crippen LogP contribution in [-0.4, -0.2) is 57.9 Å². The summed E-state index contributed by atoms with van der Waals surface area (Å²) in [5, 5.41) is 2.75. The molecule has 2 amide bonds. The molecule has 8 heteroatoms. The van der Waals surface area contributed by atoms with E-state index in [4.69, 9.17) is 18.9 Å². The molecule has 23 heavy (non-hydrogen) atoms. The van der Waals surface area contributed by atoms with Crippen molar-refractivity contribution in [2.75, 3.05) is 46.3 Å². The molecular weight excluding hydrogens is 304 g/mol. The summed E-state index contributed by atoms with van der Waals surface area (Å²) >= 11 is 0. The van der Waals surface area contributed by atoms with Crippen LogP contribution >= 0.6 is 0 Å². The smallest absolute Gasteiger partial charge is 0.409 e. The van der Waals surface area contributed by atoms with Crippen molar-refractivity contribution in [3.05, 3.63) is 12.1 Å². The number of ether oxygens (including phenoxy) is 4. The third-order valence-electron chi connectivity index (χ3n) is 3.40. The Labute approximate surface area is 134 Å². The number of cyclic esters (lactones) is 1. The van der Waals surface area contributed by atoms with E-state index >= 15 is 0 Å². The Morgan fingerprint density at radius 1 is 1.22 bits per heavy atom. The number of anilines is 1. The van der Waals surface area contributed by atoms with Crippen LogP contribution in [0.15, 0.2) is 12.1 Å². The molecule has 0 bridgehead atoms. The zero-order valence-corrected chi connectivity index (χ0v) is 13.4. The summed E-state index contributed by atoms with van der Waals surface area (Å²) in [6.45, 7) is 1.19. The Kier molecular flexibility index (Phi) is 5.51. The van der Waals surface area contributed by atoms with Gasteiger partial charge in [0.05, 0.1) is 27.9 Å². The number of hydrogen-bond acceptors (Lipinski definition) is 6. The summed E-state index contributed by atoms with van der Waals surface area (Å²) in [6, 6.07) is 3.28. The fourth-order valence-corrected chi connectivity index (χ4v) is 2.24. The van der Waals surface area contributed by atoms with E-state index in [-0.39, 0.29) is 18.4 Å². The van der Waals surface area contributed by atoms with Crippen molar-refractivity contribution in [2.45, 2.75) is 6.42 Å². The second kappa shape index (κ2) is 7.57. The van der Waals surface area contributed by atoms with Crippen LogP contribution in [0.5, 0.6) is 17.2 Å². The predicted molar refractivity (Wildman–Crippen MR) is 82.3 cm³/mol. The predicted octanol–water partition coefficient (Wildman–Crippen LogP) is 1.49. The minimum Gasteiger partial charge on any atom is -0.493 e. The Hall–Kier alpha value is -2.64. The summed E-state index contributed by atoms with van der Waals surface area (Å²) in [5.41, 5.74) is 0.522. The van der Waals surface area contributed by atoms with E-state index in [0.717, 1.165) is 0 Å². The third-order valence-corrected chi connectivity index (χ3v) is 3.40. The topological polar surface area (TPSA) is 86.3 Å². The highest BCUT2D eigenvalue weighted by Gasteiger charge is 2.22. The van der Waals surface area contributed by atoms with Gasteiger partial charge in [0.1, 0.15) is 6.61 Å². The summed E-state index contributed by atoms with van der Waals surface area (Å²) in [4.78, 5) is 24.8. The molecule has 0 saturated carbocycles. The number of carbonyl (C=O) groups is 2. The van der Waals surface area contributed by atoms with Crippen LogP contribution in [-0.2, 0) is 9.53 Å². The van der Waals surface area contributed by atoms with Gasteiger partial charge >= 0.3 is 6.09 Å². The van der Waals surface area contributed by atoms with Crippen molar-refractivity contribution in [3.63, 3.8) is 0 Å². The van der Waals surface area contributed by atoms with Crippen molar-refractivity contribution in [3.8, 4) is 17.2 Å². The van der Waals surface area contributed by atoms with Crippen LogP contribution in [0.25, 0.3) is 0 Å². The van der Waals surface area contributed by atoms with E-state index in [0.29, 0.717) is 42.6 Å². The summed E-state index contributed by atoms with van der Waals surface area (Å²) in [7, 11) is 4.51. The van der Waals surface area contributed by atoms with Crippen LogP contribution in [0, 0.1) is 0 Å². The van der Waals surface area contributed by atoms with Crippen molar-refractivity contribution < 1.29 is 28.5 Å². The lowest BCUT2D eigenvalue weighted by atomic mass is 10.2. The van der Waals surface area contributed by atoms with Crippen LogP contribution in [0.3, 0.4) is 0 Å². The van der Waals surface area contributed by atoms with E-state index in [2.05, 4.69) is 5.32 Å². The van der Waals surface area contributed by atoms with Gasteiger partial charge in [-0.3, -0.25) is 4.79 Å². The summed E-state index contributed by atoms with van der Waals surface area (Å²) in [6.07, 6.45) is -0.211. The SMILES string of the molecule is COc1cc(NC(=O)CCN2CCOC2=O)cc(OC)c1OC. The number of methoxy groups -OCH3 is 3. The maximum absolute atomic E-state index is 12.0. The molecule has 0 aromatic heterocycles. The minimum absolute atomic E-state index is 0.172. The molecular formula is C15H20N2O6. The fraction of sp³-hybridized carbons (Fsp3) is 0.467. The van der Waals surface area contributed by atoms with Gasteiger partial charge in [0.2, 0.25) is 11.7 Å². The first-order valence-electron chi connectivity index (χ1n) is 7.10. The third kappa shape index (κ3) is 3.97. The number of nitrogens with one attached hydrogen (secondary N) is 1. The first-order chi connectivity index (χ1) is 11.1. The number of carbonyl (C=O) groups excluding carboxylic acids is 2. The quantitative estimate of drug-likeness (QED) is 0.818. The van der Waals surface area contributed by atoms with Gasteiger partial charge in [0, 0.05) is 30.8 Å². The van der Waals surface area contributed by atoms with Gasteiger partial charge in [-0.25, -0.2) is 4.79 Å². The number of rotatable bonds is 7. The van der Waals surface area contributed by atoms with E-state index < -0.39 is 0 Å². The maximum Gasteiger partial charge on any atom is 0.409 e. The monoisotopic (exact) mass is 324 g/mol. The molecule has 0 atom stereocenters. The summed E-state index contributed by atoms with van der Waals surface area (Å²) < 4.78 is 20.5. The zero-order valence-electron chi connectivity index (χ0n) is 13.4. The Morgan fingerprint density at radius 3 is 2.35 bits per heavy atom. The van der Waals surface area contributed by atoms with Gasteiger partial charge in [-0.1, -0.05) is 0 Å². The molecule has 8 nitrogen and oxygen atoms in total. The Bertz CT molecular complexity index is 564. The second-order valence-corrected chi connectivity index (χ2v) is 4.81. The van der Waals surface area contributed by atoms with Crippen LogP contribution < -0.4 is 19.5 Å². The average Bonchev–Trinajstić information content (AvgIpc) is 2.97. The highest BCUT2D eigenvalue weighted by atomic mass is 16.6. The van der Waals surface area contributed by atoms with Gasteiger partial charge in [-0.05, 0) is 0 Å². The van der Waals surface area contributed by atoms with Crippen LogP contribution in [0.1, 0.15) is 6.42 Å². The first-order valence-corrected chi connectivity index (χ1v) is 7.10. The van der Waals surface area contributed by atoms with Gasteiger partial charge in [-0.15, -0.1) is 0 Å². The molecule has 0 unspecified atom stereocenters. The molecule has 1 heterocycles. The normalized spacial score (nSPS) is 13.5. The second-order valence-electron chi connectivity index (χ2n) is 4.81. The van der Waals surface area contributed by atoms with Crippen molar-refractivity contribution >= 4 is 17.7 Å². The molecule has 1 aromatic rings. The largest absolute Gasteiger partial charge is 0.493 e. The molecule has 1 aliphatic heterocycles. The standard InChI is InChI=1S/C15H20N2O6/c1-20-11-8-10(9-12(21-2)14(11)22-3)16-13(18)4-5-17-6-7-23-15(17)19/h8-9H,4-7H2,1-3H3,(H,16,18). The lowest BCUT2D eigenvalue weighted by molar-refractivity contribution is -0.116. The van der Waals surface area contributed by atoms with E-state index in [1.165, 1.54) is 26.2 Å². The van der Waals surface area contributed by atoms with Gasteiger partial charge in [0.15, 0.2) is 11.5 Å². The van der Waals surface area contributed by atoms with Gasteiger partial charge in [-0.2, -0.15) is 0 Å². The molecule has 1 saturated heterocycles. The minimum atomic E-state index is -0.384. The maximum atomic E-state index is 12.0. The van der Waals surface area contributed by atoms with Crippen LogP contribution in [0.2, 0.25) is 0 Å². The molecule has 0 aliphatic carbocycles. The van der Waals surface area contributed by atoms with E-state index in [1.807, 2.05) is 0 Å². The Morgan fingerprint density at radius 2 is 1.87 bits per heavy atom. The van der Waals surface area contributed by atoms with E-state index in [1.54, 1.807) is 12.1 Å². The molecule has 2 rings (SSSR count). The average molecular weight is 324 g/mol. The lowest BCUT2D eigenvalue weighted by Crippen LogP contribution is -2.28. The van der Waals surface area contributed by atoms with Crippen molar-refractivity contribution in [1.29, 1.82) is 0 Å². The Balaban J connectivity index is 2.01. The molecule has 126 valence electrons. The van der Waals surface area contributed by atoms with Crippen molar-refractivity contribution in [2.24, 2.45) is 0 Å². The van der Waals surface area contributed by atoms with Gasteiger partial charge < -0.3 is 29.2 Å².